The van der Waals surface area contributed by atoms with Crippen molar-refractivity contribution in [2.75, 3.05) is 0 Å². The number of rotatable bonds is 3. The molecule has 1 heterocycles. The van der Waals surface area contributed by atoms with Crippen LogP contribution in [0, 0.1) is 0 Å². The summed E-state index contributed by atoms with van der Waals surface area (Å²) in [7, 11) is 0. The third-order valence-electron chi connectivity index (χ3n) is 4.29. The van der Waals surface area contributed by atoms with Crippen LogP contribution in [0.2, 0.25) is 5.02 Å². The van der Waals surface area contributed by atoms with Gasteiger partial charge in [0.25, 0.3) is 0 Å². The van der Waals surface area contributed by atoms with E-state index in [-0.39, 0.29) is 33.8 Å². The fourth-order valence-electron chi connectivity index (χ4n) is 2.94. The Balaban J connectivity index is 1.94. The summed E-state index contributed by atoms with van der Waals surface area (Å²) in [6.45, 7) is 0. The summed E-state index contributed by atoms with van der Waals surface area (Å²) in [5.74, 6) is 0.453. The molecule has 0 atom stereocenters. The fraction of sp³-hybridized carbons (Fsp3) is 0. The van der Waals surface area contributed by atoms with Crippen LogP contribution in [0.4, 0.5) is 0 Å². The first-order valence-corrected chi connectivity index (χ1v) is 9.14. The molecule has 0 aliphatic heterocycles. The molecule has 4 aromatic carbocycles. The minimum absolute atomic E-state index is 0.0487. The summed E-state index contributed by atoms with van der Waals surface area (Å²) in [6, 6.07) is 12.6. The van der Waals surface area contributed by atoms with E-state index in [9.17, 15) is 0 Å². The van der Waals surface area contributed by atoms with Gasteiger partial charge >= 0.3 is 0 Å². The van der Waals surface area contributed by atoms with Crippen LogP contribution in [0.25, 0.3) is 44.9 Å². The molecule has 3 nitrogen and oxygen atoms in total. The molecule has 5 rings (SSSR count). The van der Waals surface area contributed by atoms with E-state index >= 15 is 0 Å². The molecule has 0 N–H and O–H groups in total. The van der Waals surface area contributed by atoms with Crippen molar-refractivity contribution in [3.05, 3.63) is 102 Å². The second-order valence-electron chi connectivity index (χ2n) is 6.18. The first kappa shape index (κ1) is 11.4. The summed E-state index contributed by atoms with van der Waals surface area (Å²) >= 11 is 6.19. The number of nitrogens with zero attached hydrogens (tertiary/aromatic N) is 3. The number of hydrogen-bond acceptors (Lipinski definition) is 3. The Morgan fingerprint density at radius 1 is 0.655 bits per heavy atom. The van der Waals surface area contributed by atoms with Gasteiger partial charge in [-0.2, -0.15) is 0 Å². The normalized spacial score (nSPS) is 14.3. The molecule has 0 fully saturated rings. The van der Waals surface area contributed by atoms with E-state index in [0.717, 1.165) is 0 Å². The minimum atomic E-state index is -0.524. The van der Waals surface area contributed by atoms with E-state index in [2.05, 4.69) is 15.0 Å². The van der Waals surface area contributed by atoms with Gasteiger partial charge in [0.2, 0.25) is 0 Å². The topological polar surface area (TPSA) is 38.7 Å². The summed E-state index contributed by atoms with van der Waals surface area (Å²) in [5, 5.41) is 0.209. The highest BCUT2D eigenvalue weighted by Gasteiger charge is 2.14. The van der Waals surface area contributed by atoms with Gasteiger partial charge in [0.05, 0.1) is 9.60 Å². The zero-order valence-corrected chi connectivity index (χ0v) is 15.7. The lowest BCUT2D eigenvalue weighted by Gasteiger charge is -2.10. The van der Waals surface area contributed by atoms with Crippen LogP contribution < -0.4 is 0 Å². The van der Waals surface area contributed by atoms with Crippen LogP contribution in [0.15, 0.2) is 96.9 Å². The van der Waals surface area contributed by atoms with Crippen LogP contribution in [0.1, 0.15) is 9.60 Å². The fourth-order valence-corrected chi connectivity index (χ4v) is 3.13. The van der Waals surface area contributed by atoms with E-state index < -0.39 is 42.3 Å². The van der Waals surface area contributed by atoms with Crippen molar-refractivity contribution in [2.24, 2.45) is 0 Å². The highest BCUT2D eigenvalue weighted by atomic mass is 35.5. The van der Waals surface area contributed by atoms with Gasteiger partial charge in [-0.05, 0) is 22.9 Å². The highest BCUT2D eigenvalue weighted by Crippen LogP contribution is 2.30. The van der Waals surface area contributed by atoms with E-state index in [1.54, 1.807) is 36.4 Å². The predicted molar refractivity (Wildman–Crippen MR) is 119 cm³/mol. The van der Waals surface area contributed by atoms with Gasteiger partial charge in [-0.25, -0.2) is 15.0 Å². The van der Waals surface area contributed by atoms with Crippen LogP contribution >= 0.6 is 11.6 Å². The molecule has 0 amide bonds. The molecule has 29 heavy (non-hydrogen) atoms. The van der Waals surface area contributed by atoms with Crippen molar-refractivity contribution >= 4 is 22.4 Å². The van der Waals surface area contributed by atoms with E-state index in [0.29, 0.717) is 16.1 Å². The van der Waals surface area contributed by atoms with Gasteiger partial charge in [-0.15, -0.1) is 0 Å². The van der Waals surface area contributed by atoms with Gasteiger partial charge in [0.1, 0.15) is 0 Å². The monoisotopic (exact) mass is 400 g/mol. The Bertz CT molecular complexity index is 1670. The molecule has 5 aromatic rings. The van der Waals surface area contributed by atoms with Gasteiger partial charge in [0.15, 0.2) is 17.5 Å². The zero-order chi connectivity index (χ0) is 25.7. The summed E-state index contributed by atoms with van der Waals surface area (Å²) in [4.78, 5) is 13.7. The van der Waals surface area contributed by atoms with Crippen molar-refractivity contribution in [3.63, 3.8) is 0 Å². The van der Waals surface area contributed by atoms with Gasteiger partial charge in [-0.1, -0.05) is 96.4 Å². The molecule has 1 aromatic heterocycles. The maximum absolute atomic E-state index is 8.65. The van der Waals surface area contributed by atoms with E-state index in [4.69, 9.17) is 21.2 Å². The SMILES string of the molecule is [2H]c1c([2H])c([2H])c2c(-c3nc(-c4ccccc4)nc(-c4cccc(Cl)c4)n3)c([2H])c([2H])c([2H])c2c1[2H]. The number of benzene rings is 4. The number of halogens is 1. The van der Waals surface area contributed by atoms with Crippen LogP contribution in [0.5, 0.6) is 0 Å². The second kappa shape index (κ2) is 7.46. The average Bonchev–Trinajstić information content (AvgIpc) is 2.89. The predicted octanol–water partition coefficient (Wildman–Crippen LogP) is 6.68. The third kappa shape index (κ3) is 3.48. The molecule has 0 radical (unpaired) electrons. The average molecular weight is 401 g/mol. The Morgan fingerprint density at radius 2 is 1.34 bits per heavy atom. The van der Waals surface area contributed by atoms with Crippen molar-refractivity contribution in [2.45, 2.75) is 0 Å². The van der Waals surface area contributed by atoms with Gasteiger partial charge in [-0.3, -0.25) is 0 Å². The van der Waals surface area contributed by atoms with E-state index in [1.807, 2.05) is 18.2 Å². The molecule has 0 aliphatic carbocycles. The lowest BCUT2D eigenvalue weighted by molar-refractivity contribution is 1.08. The molecular formula is C25H16ClN3. The van der Waals surface area contributed by atoms with E-state index in [1.165, 1.54) is 0 Å². The third-order valence-corrected chi connectivity index (χ3v) is 4.52. The quantitative estimate of drug-likeness (QED) is 0.339. The van der Waals surface area contributed by atoms with Crippen molar-refractivity contribution in [1.82, 2.24) is 15.0 Å². The lowest BCUT2D eigenvalue weighted by Crippen LogP contribution is -2.00. The molecule has 138 valence electrons. The Labute approximate surface area is 183 Å². The zero-order valence-electron chi connectivity index (χ0n) is 21.9. The number of aromatic nitrogens is 3. The Morgan fingerprint density at radius 3 is 2.17 bits per heavy atom. The molecule has 0 saturated carbocycles. The summed E-state index contributed by atoms with van der Waals surface area (Å²) in [6.07, 6.45) is 0. The Kier molecular flexibility index (Phi) is 2.94. The van der Waals surface area contributed by atoms with Crippen molar-refractivity contribution in [3.8, 4) is 34.2 Å². The smallest absolute Gasteiger partial charge is 0.164 e. The molecule has 0 aliphatic rings. The van der Waals surface area contributed by atoms with Crippen LogP contribution in [0.3, 0.4) is 0 Å². The second-order valence-corrected chi connectivity index (χ2v) is 6.62. The maximum atomic E-state index is 8.65. The van der Waals surface area contributed by atoms with Crippen LogP contribution in [-0.2, 0) is 0 Å². The van der Waals surface area contributed by atoms with Crippen LogP contribution in [-0.4, -0.2) is 15.0 Å². The molecule has 4 heteroatoms. The maximum Gasteiger partial charge on any atom is 0.164 e. The van der Waals surface area contributed by atoms with Crippen molar-refractivity contribution in [1.29, 1.82) is 0 Å². The number of hydrogen-bond donors (Lipinski definition) is 0. The highest BCUT2D eigenvalue weighted by molar-refractivity contribution is 6.30. The van der Waals surface area contributed by atoms with Gasteiger partial charge < -0.3 is 0 Å². The molecular weight excluding hydrogens is 378 g/mol. The lowest BCUT2D eigenvalue weighted by atomic mass is 10.0. The standard InChI is InChI=1S/C25H16ClN3/c26-20-13-6-12-19(16-20)24-27-23(18-9-2-1-3-10-18)28-25(29-24)22-15-7-11-17-8-4-5-14-21(17)22/h1-16H/i4D,5D,7D,8D,11D,14D,15D. The summed E-state index contributed by atoms with van der Waals surface area (Å²) in [5.41, 5.74) is 1.16. The largest absolute Gasteiger partial charge is 0.208 e. The first-order chi connectivity index (χ1) is 17.2. The first-order valence-electron chi connectivity index (χ1n) is 12.3. The molecule has 0 bridgehead atoms. The molecule has 0 spiro atoms. The minimum Gasteiger partial charge on any atom is -0.208 e. The molecule has 0 unspecified atom stereocenters. The number of fused-ring (bicyclic) bond motifs is 1. The summed E-state index contributed by atoms with van der Waals surface area (Å²) < 4.78 is 58.4. The van der Waals surface area contributed by atoms with Gasteiger partial charge in [0, 0.05) is 21.7 Å². The molecule has 0 saturated heterocycles. The van der Waals surface area contributed by atoms with Crippen molar-refractivity contribution < 1.29 is 9.60 Å². The Hall–Kier alpha value is -3.56.